The predicted octanol–water partition coefficient (Wildman–Crippen LogP) is 1.99. The number of aromatic nitrogens is 3. The van der Waals surface area contributed by atoms with Crippen LogP contribution in [0.1, 0.15) is 22.8 Å². The molecule has 1 amide bonds. The Bertz CT molecular complexity index is 997. The minimum atomic E-state index is -3.47. The van der Waals surface area contributed by atoms with Gasteiger partial charge >= 0.3 is 0 Å². The molecule has 0 fully saturated rings. The maximum absolute atomic E-state index is 12.4. The van der Waals surface area contributed by atoms with Gasteiger partial charge in [0.2, 0.25) is 0 Å². The Labute approximate surface area is 151 Å². The van der Waals surface area contributed by atoms with Crippen molar-refractivity contribution in [3.8, 4) is 5.82 Å². The van der Waals surface area contributed by atoms with Gasteiger partial charge in [0.15, 0.2) is 9.84 Å². The predicted molar refractivity (Wildman–Crippen MR) is 96.7 cm³/mol. The van der Waals surface area contributed by atoms with Crippen LogP contribution in [0.5, 0.6) is 0 Å². The maximum atomic E-state index is 12.4. The molecule has 0 saturated heterocycles. The lowest BCUT2D eigenvalue weighted by atomic mass is 10.2. The van der Waals surface area contributed by atoms with Crippen LogP contribution in [0.25, 0.3) is 5.82 Å². The van der Waals surface area contributed by atoms with Crippen LogP contribution in [0.2, 0.25) is 0 Å². The standard InChI is InChI=1S/C18H18N4O3S/c1-2-26(24,25)16-6-4-3-5-15(16)18(23)21-12-14-7-8-17(20-11-14)22-10-9-19-13-22/h3-11,13H,2,12H2,1H3,(H,21,23). The molecule has 7 nitrogen and oxygen atoms in total. The van der Waals surface area contributed by atoms with Crippen molar-refractivity contribution in [3.63, 3.8) is 0 Å². The Kier molecular flexibility index (Phi) is 5.13. The minimum absolute atomic E-state index is 0.0496. The number of imidazole rings is 1. The van der Waals surface area contributed by atoms with Gasteiger partial charge in [-0.15, -0.1) is 0 Å². The molecule has 0 bridgehead atoms. The number of benzene rings is 1. The highest BCUT2D eigenvalue weighted by atomic mass is 32.2. The number of rotatable bonds is 6. The van der Waals surface area contributed by atoms with E-state index in [1.165, 1.54) is 12.1 Å². The first kappa shape index (κ1) is 17.8. The molecule has 3 rings (SSSR count). The van der Waals surface area contributed by atoms with E-state index in [-0.39, 0.29) is 22.8 Å². The first-order valence-corrected chi connectivity index (χ1v) is 9.69. The summed E-state index contributed by atoms with van der Waals surface area (Å²) in [4.78, 5) is 20.8. The van der Waals surface area contributed by atoms with E-state index in [1.807, 2.05) is 12.1 Å². The fourth-order valence-electron chi connectivity index (χ4n) is 2.43. The van der Waals surface area contributed by atoms with E-state index in [9.17, 15) is 13.2 Å². The first-order valence-electron chi connectivity index (χ1n) is 8.04. The molecule has 134 valence electrons. The van der Waals surface area contributed by atoms with Crippen LogP contribution in [0, 0.1) is 0 Å². The van der Waals surface area contributed by atoms with Gasteiger partial charge in [-0.1, -0.05) is 25.1 Å². The average Bonchev–Trinajstić information content (AvgIpc) is 3.21. The molecule has 1 N–H and O–H groups in total. The Hall–Kier alpha value is -3.00. The Morgan fingerprint density at radius 2 is 2.00 bits per heavy atom. The van der Waals surface area contributed by atoms with Gasteiger partial charge in [-0.3, -0.25) is 9.36 Å². The summed E-state index contributed by atoms with van der Waals surface area (Å²) >= 11 is 0. The number of sulfone groups is 1. The molecule has 1 aromatic carbocycles. The van der Waals surface area contributed by atoms with Crippen molar-refractivity contribution in [2.24, 2.45) is 0 Å². The fraction of sp³-hybridized carbons (Fsp3) is 0.167. The summed E-state index contributed by atoms with van der Waals surface area (Å²) in [6.45, 7) is 1.80. The summed E-state index contributed by atoms with van der Waals surface area (Å²) < 4.78 is 26.1. The zero-order valence-corrected chi connectivity index (χ0v) is 15.0. The van der Waals surface area contributed by atoms with Gasteiger partial charge in [-0.2, -0.15) is 0 Å². The van der Waals surface area contributed by atoms with Crippen molar-refractivity contribution < 1.29 is 13.2 Å². The molecule has 0 atom stereocenters. The van der Waals surface area contributed by atoms with Crippen molar-refractivity contribution in [2.45, 2.75) is 18.4 Å². The first-order chi connectivity index (χ1) is 12.5. The van der Waals surface area contributed by atoms with Crippen molar-refractivity contribution in [3.05, 3.63) is 72.4 Å². The Morgan fingerprint density at radius 1 is 1.19 bits per heavy atom. The van der Waals surface area contributed by atoms with Crippen LogP contribution >= 0.6 is 0 Å². The maximum Gasteiger partial charge on any atom is 0.252 e. The Morgan fingerprint density at radius 3 is 2.65 bits per heavy atom. The van der Waals surface area contributed by atoms with Gasteiger partial charge in [0.05, 0.1) is 16.2 Å². The second kappa shape index (κ2) is 7.49. The summed E-state index contributed by atoms with van der Waals surface area (Å²) in [6.07, 6.45) is 6.76. The van der Waals surface area contributed by atoms with E-state index in [1.54, 1.807) is 48.5 Å². The normalized spacial score (nSPS) is 11.3. The van der Waals surface area contributed by atoms with E-state index >= 15 is 0 Å². The molecule has 26 heavy (non-hydrogen) atoms. The average molecular weight is 370 g/mol. The van der Waals surface area contributed by atoms with E-state index < -0.39 is 15.7 Å². The van der Waals surface area contributed by atoms with Crippen LogP contribution in [0.4, 0.5) is 0 Å². The SMILES string of the molecule is CCS(=O)(=O)c1ccccc1C(=O)NCc1ccc(-n2ccnc2)nc1. The number of hydrogen-bond donors (Lipinski definition) is 1. The molecule has 2 aromatic heterocycles. The van der Waals surface area contributed by atoms with Gasteiger partial charge in [0.1, 0.15) is 12.1 Å². The second-order valence-corrected chi connectivity index (χ2v) is 7.82. The number of carbonyl (C=O) groups excluding carboxylic acids is 1. The summed E-state index contributed by atoms with van der Waals surface area (Å²) in [5, 5.41) is 2.74. The molecule has 0 aliphatic heterocycles. The lowest BCUT2D eigenvalue weighted by Gasteiger charge is -2.10. The van der Waals surface area contributed by atoms with Gasteiger partial charge in [0, 0.05) is 25.1 Å². The van der Waals surface area contributed by atoms with E-state index in [2.05, 4.69) is 15.3 Å². The molecule has 0 radical (unpaired) electrons. The molecule has 0 aliphatic carbocycles. The Balaban J connectivity index is 1.72. The summed E-state index contributed by atoms with van der Waals surface area (Å²) in [5.74, 6) is 0.227. The topological polar surface area (TPSA) is 94.0 Å². The molecule has 3 aromatic rings. The number of carbonyl (C=O) groups is 1. The third kappa shape index (κ3) is 3.80. The molecular formula is C18H18N4O3S. The quantitative estimate of drug-likeness (QED) is 0.716. The number of amides is 1. The largest absolute Gasteiger partial charge is 0.348 e. The van der Waals surface area contributed by atoms with Gasteiger partial charge in [-0.05, 0) is 23.8 Å². The van der Waals surface area contributed by atoms with Crippen LogP contribution in [0.15, 0.2) is 66.2 Å². The van der Waals surface area contributed by atoms with E-state index in [0.717, 1.165) is 11.4 Å². The van der Waals surface area contributed by atoms with Crippen LogP contribution in [-0.4, -0.2) is 34.6 Å². The second-order valence-electron chi connectivity index (χ2n) is 5.58. The zero-order valence-electron chi connectivity index (χ0n) is 14.2. The summed E-state index contributed by atoms with van der Waals surface area (Å²) in [6, 6.07) is 9.88. The van der Waals surface area contributed by atoms with E-state index in [4.69, 9.17) is 0 Å². The summed E-state index contributed by atoms with van der Waals surface area (Å²) in [7, 11) is -3.47. The lowest BCUT2D eigenvalue weighted by molar-refractivity contribution is 0.0947. The van der Waals surface area contributed by atoms with Crippen molar-refractivity contribution in [1.29, 1.82) is 0 Å². The highest BCUT2D eigenvalue weighted by Crippen LogP contribution is 2.17. The number of nitrogens with one attached hydrogen (secondary N) is 1. The van der Waals surface area contributed by atoms with Crippen molar-refractivity contribution >= 4 is 15.7 Å². The molecule has 2 heterocycles. The summed E-state index contributed by atoms with van der Waals surface area (Å²) in [5.41, 5.74) is 0.954. The number of hydrogen-bond acceptors (Lipinski definition) is 5. The zero-order chi connectivity index (χ0) is 18.6. The molecule has 0 spiro atoms. The fourth-order valence-corrected chi connectivity index (χ4v) is 3.52. The molecule has 0 saturated carbocycles. The van der Waals surface area contributed by atoms with Gasteiger partial charge in [-0.25, -0.2) is 18.4 Å². The monoisotopic (exact) mass is 370 g/mol. The molecule has 8 heteroatoms. The third-order valence-corrected chi connectivity index (χ3v) is 5.66. The smallest absolute Gasteiger partial charge is 0.252 e. The lowest BCUT2D eigenvalue weighted by Crippen LogP contribution is -2.25. The molecule has 0 unspecified atom stereocenters. The van der Waals surface area contributed by atoms with E-state index in [0.29, 0.717) is 0 Å². The van der Waals surface area contributed by atoms with Crippen molar-refractivity contribution in [1.82, 2.24) is 19.9 Å². The van der Waals surface area contributed by atoms with Crippen LogP contribution in [0.3, 0.4) is 0 Å². The number of nitrogens with zero attached hydrogens (tertiary/aromatic N) is 3. The van der Waals surface area contributed by atoms with Crippen molar-refractivity contribution in [2.75, 3.05) is 5.75 Å². The van der Waals surface area contributed by atoms with Gasteiger partial charge < -0.3 is 5.32 Å². The van der Waals surface area contributed by atoms with Crippen LogP contribution in [-0.2, 0) is 16.4 Å². The molecule has 0 aliphatic rings. The third-order valence-electron chi connectivity index (χ3n) is 3.88. The number of pyridine rings is 1. The van der Waals surface area contributed by atoms with Crippen LogP contribution < -0.4 is 5.32 Å². The minimum Gasteiger partial charge on any atom is -0.348 e. The molecular weight excluding hydrogens is 352 g/mol. The van der Waals surface area contributed by atoms with Gasteiger partial charge in [0.25, 0.3) is 5.91 Å². The highest BCUT2D eigenvalue weighted by Gasteiger charge is 2.20. The highest BCUT2D eigenvalue weighted by molar-refractivity contribution is 7.91.